The molecule has 94 valence electrons. The summed E-state index contributed by atoms with van der Waals surface area (Å²) in [7, 11) is 3.73. The van der Waals surface area contributed by atoms with E-state index >= 15 is 0 Å². The largest absolute Gasteiger partial charge is 0.319 e. The minimum atomic E-state index is -0.212. The number of hydrogen-bond acceptors (Lipinski definition) is 3. The van der Waals surface area contributed by atoms with Crippen LogP contribution in [0.3, 0.4) is 0 Å². The average molecular weight is 356 g/mol. The second kappa shape index (κ2) is 4.72. The van der Waals surface area contributed by atoms with E-state index in [2.05, 4.69) is 22.6 Å². The SMILES string of the molecule is CC(=O)c1cn(N(C)C)c2ccc(I)cc2c1=O. The third-order valence-electron chi connectivity index (χ3n) is 2.76. The van der Waals surface area contributed by atoms with Gasteiger partial charge in [-0.3, -0.25) is 14.3 Å². The fourth-order valence-electron chi connectivity index (χ4n) is 1.87. The van der Waals surface area contributed by atoms with Gasteiger partial charge in [-0.2, -0.15) is 0 Å². The van der Waals surface area contributed by atoms with Gasteiger partial charge in [-0.1, -0.05) is 0 Å². The zero-order chi connectivity index (χ0) is 13.4. The predicted molar refractivity (Wildman–Crippen MR) is 81.0 cm³/mol. The van der Waals surface area contributed by atoms with Crippen molar-refractivity contribution in [3.05, 3.63) is 43.8 Å². The van der Waals surface area contributed by atoms with E-state index in [4.69, 9.17) is 0 Å². The number of aromatic nitrogens is 1. The number of Topliss-reactive ketones (excluding diaryl/α,β-unsaturated/α-hetero) is 1. The summed E-state index contributed by atoms with van der Waals surface area (Å²) in [6.45, 7) is 1.41. The Morgan fingerprint density at radius 2 is 2.00 bits per heavy atom. The maximum atomic E-state index is 12.2. The number of carbonyl (C=O) groups excluding carboxylic acids is 1. The molecule has 0 aliphatic carbocycles. The zero-order valence-corrected chi connectivity index (χ0v) is 12.6. The van der Waals surface area contributed by atoms with Crippen LogP contribution in [0, 0.1) is 3.57 Å². The van der Waals surface area contributed by atoms with Crippen LogP contribution in [0.25, 0.3) is 10.9 Å². The summed E-state index contributed by atoms with van der Waals surface area (Å²) in [6.07, 6.45) is 1.60. The minimum Gasteiger partial charge on any atom is -0.319 e. The molecule has 0 spiro atoms. The predicted octanol–water partition coefficient (Wildman–Crippen LogP) is 2.01. The molecule has 0 bridgehead atoms. The van der Waals surface area contributed by atoms with Crippen LogP contribution in [0.5, 0.6) is 0 Å². The van der Waals surface area contributed by atoms with Gasteiger partial charge < -0.3 is 5.01 Å². The summed E-state index contributed by atoms with van der Waals surface area (Å²) in [5, 5.41) is 2.41. The smallest absolute Gasteiger partial charge is 0.200 e. The highest BCUT2D eigenvalue weighted by Gasteiger charge is 2.13. The molecule has 0 saturated carbocycles. The molecule has 0 aliphatic heterocycles. The maximum absolute atomic E-state index is 12.2. The molecule has 0 atom stereocenters. The summed E-state index contributed by atoms with van der Waals surface area (Å²) < 4.78 is 2.78. The van der Waals surface area contributed by atoms with Crippen molar-refractivity contribution in [2.75, 3.05) is 19.1 Å². The highest BCUT2D eigenvalue weighted by Crippen LogP contribution is 2.15. The van der Waals surface area contributed by atoms with Crippen LogP contribution >= 0.6 is 22.6 Å². The monoisotopic (exact) mass is 356 g/mol. The topological polar surface area (TPSA) is 42.3 Å². The van der Waals surface area contributed by atoms with Crippen LogP contribution in [0.2, 0.25) is 0 Å². The lowest BCUT2D eigenvalue weighted by atomic mass is 10.1. The van der Waals surface area contributed by atoms with Gasteiger partial charge in [0.2, 0.25) is 0 Å². The maximum Gasteiger partial charge on any atom is 0.200 e. The van der Waals surface area contributed by atoms with Gasteiger partial charge in [0.15, 0.2) is 11.2 Å². The van der Waals surface area contributed by atoms with E-state index in [1.165, 1.54) is 6.92 Å². The first-order chi connectivity index (χ1) is 8.41. The van der Waals surface area contributed by atoms with Gasteiger partial charge in [0.1, 0.15) is 0 Å². The van der Waals surface area contributed by atoms with Crippen molar-refractivity contribution < 1.29 is 4.79 Å². The number of rotatable bonds is 2. The molecule has 2 rings (SSSR count). The molecule has 0 unspecified atom stereocenters. The van der Waals surface area contributed by atoms with E-state index in [1.54, 1.807) is 6.20 Å². The molecule has 0 aliphatic rings. The molecule has 0 radical (unpaired) electrons. The van der Waals surface area contributed by atoms with E-state index in [0.717, 1.165) is 9.09 Å². The number of benzene rings is 1. The Balaban J connectivity index is 2.97. The Kier molecular flexibility index (Phi) is 3.43. The molecule has 0 N–H and O–H groups in total. The van der Waals surface area contributed by atoms with Crippen molar-refractivity contribution in [2.24, 2.45) is 0 Å². The third kappa shape index (κ3) is 2.14. The number of fused-ring (bicyclic) bond motifs is 1. The lowest BCUT2D eigenvalue weighted by Crippen LogP contribution is -2.29. The Morgan fingerprint density at radius 3 is 2.56 bits per heavy atom. The highest BCUT2D eigenvalue weighted by molar-refractivity contribution is 14.1. The van der Waals surface area contributed by atoms with E-state index in [1.807, 2.05) is 42.0 Å². The van der Waals surface area contributed by atoms with Gasteiger partial charge in [-0.15, -0.1) is 0 Å². The van der Waals surface area contributed by atoms with Crippen molar-refractivity contribution in [3.63, 3.8) is 0 Å². The van der Waals surface area contributed by atoms with Crippen LogP contribution in [-0.2, 0) is 0 Å². The first kappa shape index (κ1) is 13.1. The summed E-state index contributed by atoms with van der Waals surface area (Å²) in [4.78, 5) is 23.8. The second-order valence-electron chi connectivity index (χ2n) is 4.28. The molecular formula is C13H13IN2O2. The second-order valence-corrected chi connectivity index (χ2v) is 5.53. The molecule has 1 aromatic carbocycles. The molecular weight excluding hydrogens is 343 g/mol. The van der Waals surface area contributed by atoms with E-state index < -0.39 is 0 Å². The van der Waals surface area contributed by atoms with Gasteiger partial charge in [0, 0.05) is 29.2 Å². The molecule has 0 saturated heterocycles. The van der Waals surface area contributed by atoms with Crippen LogP contribution in [-0.4, -0.2) is 24.6 Å². The summed E-state index contributed by atoms with van der Waals surface area (Å²) in [5.74, 6) is -0.212. The fourth-order valence-corrected chi connectivity index (χ4v) is 2.36. The van der Waals surface area contributed by atoms with Crippen LogP contribution in [0.4, 0.5) is 0 Å². The van der Waals surface area contributed by atoms with Crippen molar-refractivity contribution in [1.82, 2.24) is 4.68 Å². The molecule has 0 amide bonds. The number of carbonyl (C=O) groups is 1. The van der Waals surface area contributed by atoms with Gasteiger partial charge in [0.25, 0.3) is 0 Å². The fraction of sp³-hybridized carbons (Fsp3) is 0.231. The van der Waals surface area contributed by atoms with Crippen LogP contribution < -0.4 is 10.4 Å². The van der Waals surface area contributed by atoms with Gasteiger partial charge in [-0.05, 0) is 47.7 Å². The Labute approximate surface area is 118 Å². The highest BCUT2D eigenvalue weighted by atomic mass is 127. The van der Waals surface area contributed by atoms with Gasteiger partial charge in [0.05, 0.1) is 11.1 Å². The van der Waals surface area contributed by atoms with Crippen molar-refractivity contribution in [2.45, 2.75) is 6.92 Å². The van der Waals surface area contributed by atoms with Crippen LogP contribution in [0.1, 0.15) is 17.3 Å². The first-order valence-corrected chi connectivity index (χ1v) is 6.53. The van der Waals surface area contributed by atoms with Crippen molar-refractivity contribution in [1.29, 1.82) is 0 Å². The lowest BCUT2D eigenvalue weighted by Gasteiger charge is -2.20. The Morgan fingerprint density at radius 1 is 1.33 bits per heavy atom. The number of nitrogens with zero attached hydrogens (tertiary/aromatic N) is 2. The quantitative estimate of drug-likeness (QED) is 0.611. The summed E-state index contributed by atoms with van der Waals surface area (Å²) in [5.41, 5.74) is 0.822. The van der Waals surface area contributed by atoms with E-state index in [-0.39, 0.29) is 16.8 Å². The number of pyridine rings is 1. The van der Waals surface area contributed by atoms with E-state index in [9.17, 15) is 9.59 Å². The molecule has 0 fully saturated rings. The molecule has 2 aromatic rings. The lowest BCUT2D eigenvalue weighted by molar-refractivity contribution is 0.101. The zero-order valence-electron chi connectivity index (χ0n) is 10.4. The molecule has 1 aromatic heterocycles. The first-order valence-electron chi connectivity index (χ1n) is 5.45. The average Bonchev–Trinajstić information content (AvgIpc) is 2.29. The molecule has 18 heavy (non-hydrogen) atoms. The molecule has 5 heteroatoms. The van der Waals surface area contributed by atoms with E-state index in [0.29, 0.717) is 5.39 Å². The van der Waals surface area contributed by atoms with Crippen molar-refractivity contribution >= 4 is 39.3 Å². The number of halogens is 1. The number of ketones is 1. The number of hydrogen-bond donors (Lipinski definition) is 0. The van der Waals surface area contributed by atoms with Gasteiger partial charge in [-0.25, -0.2) is 0 Å². The molecule has 4 nitrogen and oxygen atoms in total. The van der Waals surface area contributed by atoms with Gasteiger partial charge >= 0.3 is 0 Å². The molecule has 1 heterocycles. The minimum absolute atomic E-state index is 0.200. The Hall–Kier alpha value is -1.37. The summed E-state index contributed by atoms with van der Waals surface area (Å²) in [6, 6.07) is 5.64. The van der Waals surface area contributed by atoms with Crippen LogP contribution in [0.15, 0.2) is 29.2 Å². The summed E-state index contributed by atoms with van der Waals surface area (Å²) >= 11 is 2.16. The third-order valence-corrected chi connectivity index (χ3v) is 3.43. The Bertz CT molecular complexity index is 689. The van der Waals surface area contributed by atoms with Crippen molar-refractivity contribution in [3.8, 4) is 0 Å². The standard InChI is InChI=1S/C13H13IN2O2/c1-8(17)11-7-16(15(2)3)12-5-4-9(14)6-10(12)13(11)18/h4-7H,1-3H3. The normalized spacial score (nSPS) is 10.7.